The molecule has 0 amide bonds. The van der Waals surface area contributed by atoms with E-state index in [1.165, 1.54) is 35.9 Å². The van der Waals surface area contributed by atoms with E-state index < -0.39 is 0 Å². The van der Waals surface area contributed by atoms with Gasteiger partial charge in [0.1, 0.15) is 0 Å². The average Bonchev–Trinajstić information content (AvgIpc) is 2.04. The summed E-state index contributed by atoms with van der Waals surface area (Å²) in [5, 5.41) is 0. The van der Waals surface area contributed by atoms with E-state index in [1.807, 2.05) is 0 Å². The van der Waals surface area contributed by atoms with E-state index in [1.54, 1.807) is 0 Å². The molecule has 0 aromatic carbocycles. The van der Waals surface area contributed by atoms with Crippen molar-refractivity contribution in [2.45, 2.75) is 44.9 Å². The second-order valence-corrected chi connectivity index (χ2v) is 5.38. The summed E-state index contributed by atoms with van der Waals surface area (Å²) in [6.45, 7) is 2.24. The molecule has 0 aromatic heterocycles. The van der Waals surface area contributed by atoms with Crippen LogP contribution in [0.15, 0.2) is 9.88 Å². The molecule has 0 saturated carbocycles. The quantitative estimate of drug-likeness (QED) is 0.362. The van der Waals surface area contributed by atoms with Crippen molar-refractivity contribution in [1.29, 1.82) is 0 Å². The van der Waals surface area contributed by atoms with Crippen LogP contribution in [0, 0.1) is 0 Å². The molecule has 0 heterocycles. The largest absolute Gasteiger partial charge is 1.00 e. The third-order valence-corrected chi connectivity index (χ3v) is 3.80. The monoisotopic (exact) mass is 244 g/mol. The van der Waals surface area contributed by atoms with Gasteiger partial charge in [0.15, 0.2) is 0 Å². The van der Waals surface area contributed by atoms with Gasteiger partial charge in [0.2, 0.25) is 0 Å². The Bertz CT molecular complexity index is 115. The minimum absolute atomic E-state index is 0. The van der Waals surface area contributed by atoms with Crippen molar-refractivity contribution in [2.75, 3.05) is 0 Å². The van der Waals surface area contributed by atoms with Crippen LogP contribution < -0.4 is 18.9 Å². The first-order valence-corrected chi connectivity index (χ1v) is 7.20. The maximum Gasteiger partial charge on any atom is 1.00 e. The average molecular weight is 243 g/mol. The summed E-state index contributed by atoms with van der Waals surface area (Å²) in [5.74, 6) is 2.18. The molecule has 3 heteroatoms. The summed E-state index contributed by atoms with van der Waals surface area (Å²) in [6, 6.07) is 0. The summed E-state index contributed by atoms with van der Waals surface area (Å²) in [7, 11) is 0. The Hall–Kier alpha value is 1.08. The smallest absolute Gasteiger partial charge is 1.00 e. The fourth-order valence-corrected chi connectivity index (χ4v) is 1.59. The molecule has 0 bridgehead atoms. The molecule has 0 unspecified atom stereocenters. The van der Waals surface area contributed by atoms with Crippen LogP contribution in [0.25, 0.3) is 0 Å². The Morgan fingerprint density at radius 1 is 1.33 bits per heavy atom. The van der Waals surface area contributed by atoms with Gasteiger partial charge in [-0.3, -0.25) is 0 Å². The molecule has 12 heavy (non-hydrogen) atoms. The maximum atomic E-state index is 5.11. The summed E-state index contributed by atoms with van der Waals surface area (Å²) < 4.78 is 1.19. The van der Waals surface area contributed by atoms with Gasteiger partial charge in [0.25, 0.3) is 0 Å². The molecule has 0 saturated heterocycles. The van der Waals surface area contributed by atoms with Crippen molar-refractivity contribution in [1.82, 2.24) is 0 Å². The van der Waals surface area contributed by atoms with E-state index in [0.29, 0.717) is 15.0 Å². The third kappa shape index (κ3) is 11.1. The maximum absolute atomic E-state index is 5.11. The fourth-order valence-electron chi connectivity index (χ4n) is 0.874. The van der Waals surface area contributed by atoms with Crippen LogP contribution in [0.1, 0.15) is 39.0 Å². The Morgan fingerprint density at radius 2 is 2.00 bits per heavy atom. The van der Waals surface area contributed by atoms with E-state index in [4.69, 9.17) is 12.6 Å². The minimum Gasteiger partial charge on any atom is 1.00 e. The number of unbranched alkanes of at least 4 members (excludes halogenated alkanes) is 4. The molecular weight excluding hydrogens is 226 g/mol. The second-order valence-electron chi connectivity index (χ2n) is 2.58. The van der Waals surface area contributed by atoms with Crippen molar-refractivity contribution in [3.63, 3.8) is 0 Å². The second kappa shape index (κ2) is 12.1. The molecule has 0 radical (unpaired) electrons. The Morgan fingerprint density at radius 3 is 2.50 bits per heavy atom. The molecular formula is C9H17LiSSe. The summed E-state index contributed by atoms with van der Waals surface area (Å²) in [5.41, 5.74) is 0. The van der Waals surface area contributed by atoms with E-state index in [-0.39, 0.29) is 18.9 Å². The molecule has 0 aliphatic rings. The molecule has 0 atom stereocenters. The van der Waals surface area contributed by atoms with E-state index in [2.05, 4.69) is 18.8 Å². The first-order valence-electron chi connectivity index (χ1n) is 4.22. The Balaban J connectivity index is 0. The summed E-state index contributed by atoms with van der Waals surface area (Å²) in [6.07, 6.45) is 8.82. The fraction of sp³-hybridized carbons (Fsp3) is 0.778. The first-order chi connectivity index (χ1) is 5.31. The molecule has 0 spiro atoms. The number of hydrogen-bond donors (Lipinski definition) is 0. The third-order valence-electron chi connectivity index (χ3n) is 1.57. The first kappa shape index (κ1) is 15.5. The molecule has 0 N–H and O–H groups in total. The zero-order chi connectivity index (χ0) is 8.53. The van der Waals surface area contributed by atoms with Crippen LogP contribution in [-0.4, -0.2) is 15.0 Å². The van der Waals surface area contributed by atoms with Crippen LogP contribution in [0.3, 0.4) is 0 Å². The van der Waals surface area contributed by atoms with Gasteiger partial charge in [-0.1, -0.05) is 0 Å². The Kier molecular flexibility index (Phi) is 15.6. The molecule has 66 valence electrons. The van der Waals surface area contributed by atoms with Crippen LogP contribution in [0.2, 0.25) is 5.82 Å². The van der Waals surface area contributed by atoms with Crippen LogP contribution in [0.4, 0.5) is 0 Å². The molecule has 0 aliphatic carbocycles. The van der Waals surface area contributed by atoms with Crippen molar-refractivity contribution < 1.29 is 18.9 Å². The predicted octanol–water partition coefficient (Wildman–Crippen LogP) is 0.101. The molecule has 0 rings (SSSR count). The summed E-state index contributed by atoms with van der Waals surface area (Å²) in [4.78, 5) is 0. The van der Waals surface area contributed by atoms with Gasteiger partial charge in [-0.05, 0) is 0 Å². The normalized spacial score (nSPS) is 11.0. The molecule has 0 aliphatic heterocycles. The van der Waals surface area contributed by atoms with Gasteiger partial charge in [-0.2, -0.15) is 0 Å². The van der Waals surface area contributed by atoms with Gasteiger partial charge in [0.05, 0.1) is 0 Å². The SMILES string of the molecule is CCCCCC/C=C(/[S-])[Se]C.[Li+]. The number of hydrogen-bond acceptors (Lipinski definition) is 1. The Labute approximate surface area is 101 Å². The van der Waals surface area contributed by atoms with E-state index in [9.17, 15) is 0 Å². The topological polar surface area (TPSA) is 0 Å². The molecule has 0 nitrogen and oxygen atoms in total. The van der Waals surface area contributed by atoms with Crippen LogP contribution in [-0.2, 0) is 12.6 Å². The summed E-state index contributed by atoms with van der Waals surface area (Å²) >= 11 is 5.66. The van der Waals surface area contributed by atoms with Crippen molar-refractivity contribution in [3.8, 4) is 0 Å². The van der Waals surface area contributed by atoms with E-state index >= 15 is 0 Å². The van der Waals surface area contributed by atoms with Gasteiger partial charge in [0, 0.05) is 0 Å². The molecule has 0 fully saturated rings. The van der Waals surface area contributed by atoms with Gasteiger partial charge in [-0.25, -0.2) is 0 Å². The predicted molar refractivity (Wildman–Crippen MR) is 55.8 cm³/mol. The molecule has 0 aromatic rings. The van der Waals surface area contributed by atoms with Crippen LogP contribution in [0.5, 0.6) is 0 Å². The van der Waals surface area contributed by atoms with Crippen molar-refractivity contribution >= 4 is 27.6 Å². The zero-order valence-corrected chi connectivity index (χ0v) is 11.0. The number of allylic oxidation sites excluding steroid dienone is 1. The van der Waals surface area contributed by atoms with Gasteiger partial charge in [-0.15, -0.1) is 0 Å². The van der Waals surface area contributed by atoms with E-state index in [0.717, 1.165) is 0 Å². The number of rotatable bonds is 6. The minimum atomic E-state index is 0. The van der Waals surface area contributed by atoms with Crippen molar-refractivity contribution in [3.05, 3.63) is 9.88 Å². The zero-order valence-electron chi connectivity index (χ0n) is 8.43. The standard InChI is InChI=1S/C9H18SSe.Li/c1-3-4-5-6-7-8-9(10)11-2;/h8,10H,3-7H2,1-2H3;/q;+1/p-1/b9-8-;. The van der Waals surface area contributed by atoms with Crippen molar-refractivity contribution in [2.24, 2.45) is 0 Å². The van der Waals surface area contributed by atoms with Gasteiger partial charge >= 0.3 is 101 Å². The van der Waals surface area contributed by atoms with Crippen LogP contribution >= 0.6 is 0 Å². The van der Waals surface area contributed by atoms with Gasteiger partial charge < -0.3 is 0 Å².